The molecule has 0 aliphatic carbocycles. The first-order chi connectivity index (χ1) is 48.1. The Hall–Kier alpha value is -10.3. The summed E-state index contributed by atoms with van der Waals surface area (Å²) < 4.78 is 33.3. The third-order valence-corrected chi connectivity index (χ3v) is 17.8. The van der Waals surface area contributed by atoms with Crippen molar-refractivity contribution in [1.82, 2.24) is 40.9 Å². The van der Waals surface area contributed by atoms with Crippen LogP contribution in [0, 0.1) is 5.92 Å². The van der Waals surface area contributed by atoms with Crippen LogP contribution in [-0.4, -0.2) is 190 Å². The van der Waals surface area contributed by atoms with Crippen molar-refractivity contribution >= 4 is 64.9 Å². The first-order valence-corrected chi connectivity index (χ1v) is 34.4. The molecule has 24 nitrogen and oxygen atoms in total. The molecule has 3 aliphatic rings. The Morgan fingerprint density at radius 2 is 1.00 bits per heavy atom. The molecule has 6 aromatic rings. The molecule has 0 saturated heterocycles. The fourth-order valence-electron chi connectivity index (χ4n) is 12.0. The highest BCUT2D eigenvalue weighted by atomic mass is 32.2. The van der Waals surface area contributed by atoms with E-state index in [1.807, 2.05) is 86.6 Å². The largest absolute Gasteiger partial charge is 0.497 e. The molecule has 3 heterocycles. The lowest BCUT2D eigenvalue weighted by Crippen LogP contribution is -2.55. The Balaban J connectivity index is 1.17. The first-order valence-electron chi connectivity index (χ1n) is 33.3. The Morgan fingerprint density at radius 3 is 1.50 bits per heavy atom. The van der Waals surface area contributed by atoms with Crippen LogP contribution in [0.15, 0.2) is 140 Å². The number of thioether (sulfide) groups is 1. The van der Waals surface area contributed by atoms with E-state index in [1.54, 1.807) is 73.7 Å². The standard InChI is InChI=1S/C75H91N9O15S/c1-49(2)26-58-40-82(43-67(76)85)71(89)24-25-100-47-53-18-21-57(22-19-53)75(93)80-60(28-52-16-12-9-13-17-52)42-84(72(90)34-54-20-23-65-66(33-54)99-48-98-65)46-70(88)79-59(27-51-14-10-8-11-15-51)41-83(74(92)36-56-31-63(96-6)38-64(32-56)97-7)44-68(86)77-50(3)39-81(45-69(87)78-58)73(91)35-55-29-61(94-4)37-62(30-55)95-5/h8-23,29-33,37-38,49-50,58-60H,24-28,34-36,39-48H2,1-7H3,(H2,76,85)(H,77,86)(H,78,87)(H,79,88)(H,80,93)/t50-,58-,59-,60-/m0/s1. The second-order valence-corrected chi connectivity index (χ2v) is 26.5. The summed E-state index contributed by atoms with van der Waals surface area (Å²) in [4.78, 5) is 136. The first kappa shape index (κ1) is 75.5. The van der Waals surface area contributed by atoms with Crippen LogP contribution in [0.3, 0.4) is 0 Å². The number of nitrogens with zero attached hydrogens (tertiary/aromatic N) is 4. The lowest BCUT2D eigenvalue weighted by molar-refractivity contribution is -0.138. The predicted molar refractivity (Wildman–Crippen MR) is 378 cm³/mol. The Morgan fingerprint density at radius 1 is 0.530 bits per heavy atom. The van der Waals surface area contributed by atoms with Gasteiger partial charge in [-0.25, -0.2) is 0 Å². The van der Waals surface area contributed by atoms with Gasteiger partial charge >= 0.3 is 0 Å². The minimum atomic E-state index is -0.896. The molecule has 4 atom stereocenters. The molecule has 6 N–H and O–H groups in total. The van der Waals surface area contributed by atoms with Crippen molar-refractivity contribution in [2.45, 2.75) is 95.6 Å². The Bertz CT molecular complexity index is 3740. The maximum absolute atomic E-state index is 15.1. The average Bonchev–Trinajstić information content (AvgIpc) is 1.44. The molecule has 2 bridgehead atoms. The smallest absolute Gasteiger partial charge is 0.251 e. The van der Waals surface area contributed by atoms with Gasteiger partial charge in [0.15, 0.2) is 11.5 Å². The third kappa shape index (κ3) is 24.0. The molecule has 25 heteroatoms. The Kier molecular flexibility index (Phi) is 28.4. The molecular formula is C75H91N9O15S. The molecule has 9 rings (SSSR count). The van der Waals surface area contributed by atoms with Gasteiger partial charge in [0.05, 0.1) is 86.0 Å². The lowest BCUT2D eigenvalue weighted by atomic mass is 10.0. The van der Waals surface area contributed by atoms with Gasteiger partial charge in [0.2, 0.25) is 54.1 Å². The molecule has 0 unspecified atom stereocenters. The number of hydrogen-bond donors (Lipinski definition) is 5. The molecule has 0 saturated carbocycles. The lowest BCUT2D eigenvalue weighted by Gasteiger charge is -2.32. The van der Waals surface area contributed by atoms with E-state index in [0.717, 1.165) is 16.7 Å². The van der Waals surface area contributed by atoms with Crippen LogP contribution in [0.5, 0.6) is 34.5 Å². The molecule has 0 aromatic heterocycles. The molecule has 532 valence electrons. The number of ether oxygens (including phenoxy) is 6. The van der Waals surface area contributed by atoms with Gasteiger partial charge in [0, 0.05) is 73.9 Å². The van der Waals surface area contributed by atoms with Gasteiger partial charge in [-0.1, -0.05) is 92.7 Å². The van der Waals surface area contributed by atoms with E-state index >= 15 is 9.59 Å². The van der Waals surface area contributed by atoms with Gasteiger partial charge in [-0.05, 0) is 114 Å². The topological polar surface area (TPSA) is 296 Å². The zero-order valence-electron chi connectivity index (χ0n) is 57.8. The summed E-state index contributed by atoms with van der Waals surface area (Å²) in [7, 11) is 5.92. The molecule has 0 radical (unpaired) electrons. The summed E-state index contributed by atoms with van der Waals surface area (Å²) in [6.07, 6.45) is 0.201. The summed E-state index contributed by atoms with van der Waals surface area (Å²) >= 11 is 1.47. The van der Waals surface area contributed by atoms with Gasteiger partial charge in [-0.2, -0.15) is 11.8 Å². The average molecular weight is 1390 g/mol. The molecular weight excluding hydrogens is 1300 g/mol. The number of nitrogens with two attached hydrogens (primary N) is 1. The van der Waals surface area contributed by atoms with E-state index in [0.29, 0.717) is 74.7 Å². The van der Waals surface area contributed by atoms with E-state index in [4.69, 9.17) is 34.2 Å². The van der Waals surface area contributed by atoms with Crippen LogP contribution in [0.25, 0.3) is 0 Å². The number of hydrogen-bond acceptors (Lipinski definition) is 16. The van der Waals surface area contributed by atoms with Crippen molar-refractivity contribution < 1.29 is 71.6 Å². The van der Waals surface area contributed by atoms with Crippen molar-refractivity contribution in [3.8, 4) is 34.5 Å². The predicted octanol–water partition coefficient (Wildman–Crippen LogP) is 5.72. The molecule has 9 amide bonds. The van der Waals surface area contributed by atoms with Crippen molar-refractivity contribution in [3.05, 3.63) is 178 Å². The maximum atomic E-state index is 15.1. The van der Waals surface area contributed by atoms with Crippen LogP contribution in [0.2, 0.25) is 0 Å². The van der Waals surface area contributed by atoms with E-state index < -0.39 is 97.6 Å². The van der Waals surface area contributed by atoms with E-state index in [1.165, 1.54) is 59.8 Å². The summed E-state index contributed by atoms with van der Waals surface area (Å²) in [6.45, 7) is 2.99. The minimum Gasteiger partial charge on any atom is -0.497 e. The van der Waals surface area contributed by atoms with Crippen LogP contribution < -0.4 is 55.4 Å². The van der Waals surface area contributed by atoms with Crippen LogP contribution >= 0.6 is 11.8 Å². The number of carbonyl (C=O) groups excluding carboxylic acids is 9. The number of rotatable bonds is 18. The van der Waals surface area contributed by atoms with E-state index in [9.17, 15) is 33.6 Å². The van der Waals surface area contributed by atoms with Gasteiger partial charge in [0.1, 0.15) is 23.0 Å². The summed E-state index contributed by atoms with van der Waals surface area (Å²) in [5.74, 6) is -1.37. The molecule has 0 spiro atoms. The molecule has 0 fully saturated rings. The second kappa shape index (κ2) is 37.6. The van der Waals surface area contributed by atoms with E-state index in [-0.39, 0.29) is 83.3 Å². The number of amides is 9. The number of carbonyl (C=O) groups is 9. The number of fused-ring (bicyclic) bond motifs is 30. The van der Waals surface area contributed by atoms with Gasteiger partial charge in [-0.15, -0.1) is 0 Å². The number of primary amides is 1. The monoisotopic (exact) mass is 1390 g/mol. The van der Waals surface area contributed by atoms with Crippen LogP contribution in [-0.2, 0) is 76.2 Å². The van der Waals surface area contributed by atoms with E-state index in [2.05, 4.69) is 21.3 Å². The van der Waals surface area contributed by atoms with Crippen molar-refractivity contribution in [2.24, 2.45) is 11.7 Å². The zero-order chi connectivity index (χ0) is 71.7. The number of methoxy groups -OCH3 is 4. The van der Waals surface area contributed by atoms with Crippen LogP contribution in [0.1, 0.15) is 77.4 Å². The van der Waals surface area contributed by atoms with Crippen LogP contribution in [0.4, 0.5) is 0 Å². The fraction of sp³-hybridized carbons (Fsp3) is 0.400. The normalized spacial score (nSPS) is 18.1. The number of benzene rings is 6. The highest BCUT2D eigenvalue weighted by Crippen LogP contribution is 2.33. The molecule has 3 aliphatic heterocycles. The summed E-state index contributed by atoms with van der Waals surface area (Å²) in [5, 5.41) is 12.3. The Labute approximate surface area is 588 Å². The van der Waals surface area contributed by atoms with Crippen molar-refractivity contribution in [2.75, 3.05) is 93.3 Å². The highest BCUT2D eigenvalue weighted by Gasteiger charge is 2.31. The summed E-state index contributed by atoms with van der Waals surface area (Å²) in [6, 6.07) is 37.7. The van der Waals surface area contributed by atoms with Gasteiger partial charge in [0.25, 0.3) is 5.91 Å². The van der Waals surface area contributed by atoms with Crippen molar-refractivity contribution in [1.29, 1.82) is 0 Å². The maximum Gasteiger partial charge on any atom is 0.251 e. The second-order valence-electron chi connectivity index (χ2n) is 25.4. The number of nitrogens with one attached hydrogen (secondary N) is 4. The summed E-state index contributed by atoms with van der Waals surface area (Å²) in [5.41, 5.74) is 10.1. The molecule has 6 aromatic carbocycles. The third-order valence-electron chi connectivity index (χ3n) is 16.7. The SMILES string of the molecule is COc1cc(CC(=O)N2CC(=O)N[C@@H](C)CN(C(=O)Cc3cc(OC)cc(OC)c3)CC(=O)N[C@@H](CC(C)C)CN(CC(N)=O)C(=O)CCSCc3ccc(cc3)C(=O)N[C@@H](Cc3ccccc3)CN(C(=O)Cc3ccc4c(c3)OCO4)CC(=O)N[C@@H](Cc3ccccc3)C2)cc(OC)c1. The van der Waals surface area contributed by atoms with Crippen molar-refractivity contribution in [3.63, 3.8) is 0 Å². The molecule has 100 heavy (non-hydrogen) atoms. The minimum absolute atomic E-state index is 0.00183. The quantitative estimate of drug-likeness (QED) is 0.0643. The van der Waals surface area contributed by atoms with Gasteiger partial charge < -0.3 is 75.0 Å². The fourth-order valence-corrected chi connectivity index (χ4v) is 12.9. The highest BCUT2D eigenvalue weighted by molar-refractivity contribution is 7.98. The zero-order valence-corrected chi connectivity index (χ0v) is 58.6. The van der Waals surface area contributed by atoms with Gasteiger partial charge in [-0.3, -0.25) is 43.2 Å².